The van der Waals surface area contributed by atoms with E-state index in [-0.39, 0.29) is 10.9 Å². The second-order valence-electron chi connectivity index (χ2n) is 4.34. The number of carboxylic acids is 1. The predicted molar refractivity (Wildman–Crippen MR) is 79.9 cm³/mol. The summed E-state index contributed by atoms with van der Waals surface area (Å²) >= 11 is 0. The van der Waals surface area contributed by atoms with Gasteiger partial charge in [-0.2, -0.15) is 5.10 Å². The summed E-state index contributed by atoms with van der Waals surface area (Å²) in [6.07, 6.45) is 2.88. The summed E-state index contributed by atoms with van der Waals surface area (Å²) in [7, 11) is 0. The molecule has 7 heteroatoms. The number of carbonyl (C=O) groups is 1. The second kappa shape index (κ2) is 6.17. The van der Waals surface area contributed by atoms with Gasteiger partial charge in [0, 0.05) is 19.3 Å². The lowest BCUT2D eigenvalue weighted by atomic mass is 10.2. The number of nitrogens with zero attached hydrogens (tertiary/aromatic N) is 3. The Balaban J connectivity index is 2.64. The zero-order chi connectivity index (χ0) is 15.4. The summed E-state index contributed by atoms with van der Waals surface area (Å²) in [6, 6.07) is 3.22. The van der Waals surface area contributed by atoms with Crippen LogP contribution in [0.4, 0.5) is 0 Å². The molecule has 0 aliphatic rings. The summed E-state index contributed by atoms with van der Waals surface area (Å²) in [4.78, 5) is 27.6. The van der Waals surface area contributed by atoms with E-state index in [1.54, 1.807) is 22.9 Å². The first-order valence-corrected chi connectivity index (χ1v) is 6.61. The van der Waals surface area contributed by atoms with E-state index in [0.29, 0.717) is 24.4 Å². The van der Waals surface area contributed by atoms with Crippen LogP contribution in [0.1, 0.15) is 29.9 Å². The predicted octanol–water partition coefficient (Wildman–Crippen LogP) is 1.06. The Morgan fingerprint density at radius 1 is 1.48 bits per heavy atom. The van der Waals surface area contributed by atoms with E-state index in [0.717, 1.165) is 0 Å². The average molecular weight is 288 g/mol. The van der Waals surface area contributed by atoms with E-state index < -0.39 is 11.4 Å². The number of carboxylic acid groups (broad SMARTS) is 1. The van der Waals surface area contributed by atoms with Gasteiger partial charge in [-0.05, 0) is 26.0 Å². The highest BCUT2D eigenvalue weighted by Crippen LogP contribution is 2.10. The van der Waals surface area contributed by atoms with Crippen molar-refractivity contribution in [1.29, 1.82) is 0 Å². The molecule has 0 aliphatic heterocycles. The summed E-state index contributed by atoms with van der Waals surface area (Å²) in [5, 5.41) is 13.3. The van der Waals surface area contributed by atoms with Crippen molar-refractivity contribution in [1.82, 2.24) is 15.0 Å². The summed E-state index contributed by atoms with van der Waals surface area (Å²) in [5.41, 5.74) is 3.06. The number of pyridine rings is 2. The average Bonchev–Trinajstić information content (AvgIpc) is 2.47. The number of hydrogen-bond acceptors (Lipinski definition) is 5. The fourth-order valence-electron chi connectivity index (χ4n) is 1.95. The molecule has 0 spiro atoms. The Morgan fingerprint density at radius 2 is 2.24 bits per heavy atom. The van der Waals surface area contributed by atoms with Crippen molar-refractivity contribution in [2.75, 3.05) is 6.54 Å². The Hall–Kier alpha value is -2.70. The Labute approximate surface area is 120 Å². The van der Waals surface area contributed by atoms with Crippen molar-refractivity contribution < 1.29 is 9.90 Å². The van der Waals surface area contributed by atoms with Gasteiger partial charge in [-0.25, -0.2) is 9.78 Å². The van der Waals surface area contributed by atoms with E-state index in [9.17, 15) is 9.59 Å². The van der Waals surface area contributed by atoms with Crippen LogP contribution < -0.4 is 10.9 Å². The maximum Gasteiger partial charge on any atom is 0.341 e. The first-order valence-electron chi connectivity index (χ1n) is 6.61. The third-order valence-corrected chi connectivity index (χ3v) is 2.96. The molecular weight excluding hydrogens is 272 g/mol. The van der Waals surface area contributed by atoms with Crippen LogP contribution in [0.5, 0.6) is 0 Å². The van der Waals surface area contributed by atoms with Gasteiger partial charge >= 0.3 is 5.97 Å². The lowest BCUT2D eigenvalue weighted by molar-refractivity contribution is 0.0695. The van der Waals surface area contributed by atoms with Crippen LogP contribution in [-0.2, 0) is 6.54 Å². The van der Waals surface area contributed by atoms with Gasteiger partial charge in [-0.3, -0.25) is 4.79 Å². The highest BCUT2D eigenvalue weighted by atomic mass is 16.4. The highest BCUT2D eigenvalue weighted by molar-refractivity contribution is 5.92. The highest BCUT2D eigenvalue weighted by Gasteiger charge is 2.14. The Bertz CT molecular complexity index is 765. The molecule has 0 amide bonds. The minimum Gasteiger partial charge on any atom is -0.477 e. The molecule has 0 saturated carbocycles. The van der Waals surface area contributed by atoms with Gasteiger partial charge in [0.05, 0.1) is 17.3 Å². The quantitative estimate of drug-likeness (QED) is 0.633. The lowest BCUT2D eigenvalue weighted by Gasteiger charge is -2.09. The molecule has 0 aromatic carbocycles. The number of aryl methyl sites for hydroxylation is 1. The molecule has 0 bridgehead atoms. The van der Waals surface area contributed by atoms with Crippen molar-refractivity contribution in [3.63, 3.8) is 0 Å². The zero-order valence-corrected chi connectivity index (χ0v) is 11.8. The number of hydrazone groups is 1. The maximum absolute atomic E-state index is 12.1. The van der Waals surface area contributed by atoms with Crippen LogP contribution in [-0.4, -0.2) is 33.4 Å². The molecular formula is C14H16N4O3. The van der Waals surface area contributed by atoms with Gasteiger partial charge in [0.1, 0.15) is 11.2 Å². The van der Waals surface area contributed by atoms with Crippen LogP contribution >= 0.6 is 0 Å². The molecule has 2 aromatic rings. The van der Waals surface area contributed by atoms with Crippen molar-refractivity contribution >= 4 is 23.2 Å². The largest absolute Gasteiger partial charge is 0.477 e. The van der Waals surface area contributed by atoms with E-state index in [1.807, 2.05) is 13.8 Å². The molecule has 110 valence electrons. The van der Waals surface area contributed by atoms with Gasteiger partial charge in [-0.15, -0.1) is 0 Å². The van der Waals surface area contributed by atoms with Crippen LogP contribution in [0.25, 0.3) is 11.0 Å². The number of aromatic carboxylic acids is 1. The minimum absolute atomic E-state index is 0.250. The Morgan fingerprint density at radius 3 is 2.86 bits per heavy atom. The van der Waals surface area contributed by atoms with Crippen LogP contribution in [0.15, 0.2) is 28.2 Å². The standard InChI is InChI=1S/C14H16N4O3/c1-3-15-16-7-9-5-6-10-12(19)11(14(20)21)8-18(4-2)13(10)17-9/h5-8,15H,3-4H2,1-2H3,(H,20,21). The van der Waals surface area contributed by atoms with Gasteiger partial charge in [-0.1, -0.05) is 0 Å². The summed E-state index contributed by atoms with van der Waals surface area (Å²) < 4.78 is 1.64. The van der Waals surface area contributed by atoms with Gasteiger partial charge in [0.25, 0.3) is 0 Å². The van der Waals surface area contributed by atoms with Crippen molar-refractivity contribution in [2.24, 2.45) is 5.10 Å². The first kappa shape index (κ1) is 14.7. The smallest absolute Gasteiger partial charge is 0.341 e. The SMILES string of the molecule is CCNN=Cc1ccc2c(=O)c(C(=O)O)cn(CC)c2n1. The van der Waals surface area contributed by atoms with E-state index in [4.69, 9.17) is 5.11 Å². The second-order valence-corrected chi connectivity index (χ2v) is 4.34. The molecule has 21 heavy (non-hydrogen) atoms. The fourth-order valence-corrected chi connectivity index (χ4v) is 1.95. The number of nitrogens with one attached hydrogen (secondary N) is 1. The van der Waals surface area contributed by atoms with E-state index in [1.165, 1.54) is 6.20 Å². The fraction of sp³-hybridized carbons (Fsp3) is 0.286. The Kier molecular flexibility index (Phi) is 4.32. The third kappa shape index (κ3) is 2.91. The molecule has 0 aliphatic carbocycles. The number of hydrogen-bond donors (Lipinski definition) is 2. The molecule has 0 saturated heterocycles. The van der Waals surface area contributed by atoms with Crippen LogP contribution in [0.3, 0.4) is 0 Å². The molecule has 0 atom stereocenters. The van der Waals surface area contributed by atoms with Crippen LogP contribution in [0.2, 0.25) is 0 Å². The molecule has 2 aromatic heterocycles. The van der Waals surface area contributed by atoms with Crippen molar-refractivity contribution in [2.45, 2.75) is 20.4 Å². The first-order chi connectivity index (χ1) is 10.1. The zero-order valence-electron chi connectivity index (χ0n) is 11.8. The van der Waals surface area contributed by atoms with Gasteiger partial charge in [0.2, 0.25) is 5.43 Å². The molecule has 7 nitrogen and oxygen atoms in total. The van der Waals surface area contributed by atoms with Crippen molar-refractivity contribution in [3.05, 3.63) is 39.8 Å². The molecule has 0 radical (unpaired) electrons. The lowest BCUT2D eigenvalue weighted by Crippen LogP contribution is -2.19. The summed E-state index contributed by atoms with van der Waals surface area (Å²) in [6.45, 7) is 4.99. The molecule has 0 fully saturated rings. The van der Waals surface area contributed by atoms with E-state index in [2.05, 4.69) is 15.5 Å². The van der Waals surface area contributed by atoms with Crippen LogP contribution in [0, 0.1) is 0 Å². The molecule has 2 heterocycles. The van der Waals surface area contributed by atoms with Gasteiger partial charge in [0.15, 0.2) is 0 Å². The molecule has 2 rings (SSSR count). The monoisotopic (exact) mass is 288 g/mol. The third-order valence-electron chi connectivity index (χ3n) is 2.96. The number of aromatic nitrogens is 2. The number of rotatable bonds is 5. The topological polar surface area (TPSA) is 96.6 Å². The minimum atomic E-state index is -1.23. The number of fused-ring (bicyclic) bond motifs is 1. The van der Waals surface area contributed by atoms with Crippen molar-refractivity contribution in [3.8, 4) is 0 Å². The summed E-state index contributed by atoms with van der Waals surface area (Å²) in [5.74, 6) is -1.23. The normalized spacial score (nSPS) is 11.1. The van der Waals surface area contributed by atoms with E-state index >= 15 is 0 Å². The maximum atomic E-state index is 12.1. The molecule has 0 unspecified atom stereocenters. The van der Waals surface area contributed by atoms with Gasteiger partial charge < -0.3 is 15.1 Å². The molecule has 2 N–H and O–H groups in total.